The minimum atomic E-state index is -3.71. The number of nitrogens with zero attached hydrogens (tertiary/aromatic N) is 1. The number of hydrogen-bond acceptors (Lipinski definition) is 5. The van der Waals surface area contributed by atoms with Gasteiger partial charge in [-0.25, -0.2) is 4.57 Å². The molecule has 0 unspecified atom stereocenters. The molecule has 0 spiro atoms. The van der Waals surface area contributed by atoms with Gasteiger partial charge in [0, 0.05) is 6.54 Å². The van der Waals surface area contributed by atoms with E-state index in [4.69, 9.17) is 18.5 Å². The SMILES string of the molecule is O=P(Oc1ccccc1)(Oc1ccccc1)N1CC[C@@H]2C[C@H]1[C@@H](COCc1ccccc1)O2. The van der Waals surface area contributed by atoms with Gasteiger partial charge in [-0.1, -0.05) is 66.7 Å². The average Bonchev–Trinajstić information content (AvgIpc) is 3.15. The van der Waals surface area contributed by atoms with E-state index in [2.05, 4.69) is 0 Å². The van der Waals surface area contributed by atoms with Crippen LogP contribution in [-0.2, 0) is 20.6 Å². The molecule has 0 radical (unpaired) electrons. The van der Waals surface area contributed by atoms with Crippen LogP contribution >= 0.6 is 7.75 Å². The molecule has 0 amide bonds. The summed E-state index contributed by atoms with van der Waals surface area (Å²) in [6, 6.07) is 28.3. The zero-order chi connectivity index (χ0) is 22.5. The molecule has 2 aliphatic rings. The van der Waals surface area contributed by atoms with Gasteiger partial charge in [0.2, 0.25) is 0 Å². The molecule has 0 aliphatic carbocycles. The minimum Gasteiger partial charge on any atom is -0.404 e. The summed E-state index contributed by atoms with van der Waals surface area (Å²) in [5.74, 6) is 1.02. The molecule has 7 heteroatoms. The Kier molecular flexibility index (Phi) is 6.79. The zero-order valence-electron chi connectivity index (χ0n) is 18.4. The molecule has 2 saturated heterocycles. The number of fused-ring (bicyclic) bond motifs is 2. The number of ether oxygens (including phenoxy) is 2. The highest BCUT2D eigenvalue weighted by atomic mass is 31.2. The van der Waals surface area contributed by atoms with Gasteiger partial charge in [-0.2, -0.15) is 4.67 Å². The largest absolute Gasteiger partial charge is 0.515 e. The van der Waals surface area contributed by atoms with E-state index < -0.39 is 7.75 Å². The fourth-order valence-corrected chi connectivity index (χ4v) is 6.42. The lowest BCUT2D eigenvalue weighted by molar-refractivity contribution is -0.0222. The Hall–Kier alpha value is -2.63. The summed E-state index contributed by atoms with van der Waals surface area (Å²) in [4.78, 5) is 0. The standard InChI is InChI=1S/C26H28NO5P/c28-33(31-22-12-6-2-7-13-22,32-23-14-8-3-9-15-23)27-17-16-24-18-25(27)26(30-24)20-29-19-21-10-4-1-5-11-21/h1-15,24-26H,16-20H2/t24-,25+,26-/m1/s1. The van der Waals surface area contributed by atoms with Crippen LogP contribution in [-0.4, -0.2) is 36.1 Å². The van der Waals surface area contributed by atoms with E-state index in [9.17, 15) is 4.57 Å². The average molecular weight is 465 g/mol. The Morgan fingerprint density at radius 1 is 0.848 bits per heavy atom. The summed E-state index contributed by atoms with van der Waals surface area (Å²) in [7, 11) is -3.71. The molecule has 2 aliphatic heterocycles. The summed E-state index contributed by atoms with van der Waals surface area (Å²) in [6.45, 7) is 1.50. The Balaban J connectivity index is 1.35. The third-order valence-corrected chi connectivity index (χ3v) is 8.01. The summed E-state index contributed by atoms with van der Waals surface area (Å²) in [5, 5.41) is 0. The second kappa shape index (κ2) is 10.1. The first kappa shape index (κ1) is 22.2. The Bertz CT molecular complexity index is 1020. The second-order valence-electron chi connectivity index (χ2n) is 8.33. The maximum absolute atomic E-state index is 14.3. The van der Waals surface area contributed by atoms with E-state index in [-0.39, 0.29) is 18.2 Å². The van der Waals surface area contributed by atoms with Gasteiger partial charge in [-0.3, -0.25) is 0 Å². The van der Waals surface area contributed by atoms with E-state index in [1.54, 1.807) is 24.3 Å². The highest BCUT2D eigenvalue weighted by Crippen LogP contribution is 2.56. The van der Waals surface area contributed by atoms with Crippen molar-refractivity contribution in [3.05, 3.63) is 96.6 Å². The lowest BCUT2D eigenvalue weighted by Gasteiger charge is -2.37. The maximum Gasteiger partial charge on any atom is 0.515 e. The van der Waals surface area contributed by atoms with Crippen LogP contribution in [0, 0.1) is 0 Å². The fourth-order valence-electron chi connectivity index (χ4n) is 4.43. The van der Waals surface area contributed by atoms with Crippen molar-refractivity contribution >= 4 is 7.75 Å². The van der Waals surface area contributed by atoms with Crippen molar-refractivity contribution in [2.75, 3.05) is 13.2 Å². The molecule has 2 heterocycles. The summed E-state index contributed by atoms with van der Waals surface area (Å²) in [5.41, 5.74) is 1.11. The Morgan fingerprint density at radius 2 is 1.42 bits per heavy atom. The third kappa shape index (κ3) is 5.31. The van der Waals surface area contributed by atoms with Gasteiger partial charge in [0.1, 0.15) is 11.5 Å². The van der Waals surface area contributed by atoms with Crippen molar-refractivity contribution in [2.45, 2.75) is 37.7 Å². The summed E-state index contributed by atoms with van der Waals surface area (Å²) >= 11 is 0. The zero-order valence-corrected chi connectivity index (χ0v) is 19.3. The molecule has 3 aromatic carbocycles. The first-order valence-electron chi connectivity index (χ1n) is 11.3. The second-order valence-corrected chi connectivity index (χ2v) is 10.1. The van der Waals surface area contributed by atoms with E-state index in [1.165, 1.54) is 0 Å². The van der Waals surface area contributed by atoms with Crippen molar-refractivity contribution in [1.29, 1.82) is 0 Å². The van der Waals surface area contributed by atoms with Gasteiger partial charge in [-0.15, -0.1) is 0 Å². The third-order valence-electron chi connectivity index (χ3n) is 6.00. The van der Waals surface area contributed by atoms with Crippen molar-refractivity contribution < 1.29 is 23.1 Å². The van der Waals surface area contributed by atoms with E-state index in [0.717, 1.165) is 18.4 Å². The number of hydrogen-bond donors (Lipinski definition) is 0. The summed E-state index contributed by atoms with van der Waals surface area (Å²) < 4.78 is 40.6. The van der Waals surface area contributed by atoms with Crippen LogP contribution in [0.1, 0.15) is 18.4 Å². The van der Waals surface area contributed by atoms with Crippen molar-refractivity contribution in [2.24, 2.45) is 0 Å². The number of benzene rings is 3. The quantitative estimate of drug-likeness (QED) is 0.378. The monoisotopic (exact) mass is 465 g/mol. The topological polar surface area (TPSA) is 57.2 Å². The number of para-hydroxylation sites is 2. The highest BCUT2D eigenvalue weighted by molar-refractivity contribution is 7.52. The van der Waals surface area contributed by atoms with Crippen molar-refractivity contribution in [3.63, 3.8) is 0 Å². The summed E-state index contributed by atoms with van der Waals surface area (Å²) in [6.07, 6.45) is 1.48. The highest BCUT2D eigenvalue weighted by Gasteiger charge is 2.52. The van der Waals surface area contributed by atoms with Crippen LogP contribution in [0.15, 0.2) is 91.0 Å². The molecule has 6 nitrogen and oxygen atoms in total. The molecule has 3 aromatic rings. The Labute approximate surface area is 194 Å². The first-order chi connectivity index (χ1) is 16.2. The molecule has 3 atom stereocenters. The molecule has 5 rings (SSSR count). The van der Waals surface area contributed by atoms with E-state index >= 15 is 0 Å². The van der Waals surface area contributed by atoms with Gasteiger partial charge in [0.15, 0.2) is 0 Å². The van der Waals surface area contributed by atoms with Gasteiger partial charge in [-0.05, 0) is 42.7 Å². The van der Waals surface area contributed by atoms with Crippen LogP contribution in [0.2, 0.25) is 0 Å². The van der Waals surface area contributed by atoms with Crippen LogP contribution in [0.5, 0.6) is 11.5 Å². The molecule has 33 heavy (non-hydrogen) atoms. The molecular weight excluding hydrogens is 437 g/mol. The molecule has 0 aromatic heterocycles. The number of rotatable bonds is 9. The molecule has 0 saturated carbocycles. The molecule has 172 valence electrons. The maximum atomic E-state index is 14.3. The predicted molar refractivity (Wildman–Crippen MR) is 126 cm³/mol. The van der Waals surface area contributed by atoms with Gasteiger partial charge in [0.05, 0.1) is 31.5 Å². The number of piperidine rings is 1. The smallest absolute Gasteiger partial charge is 0.404 e. The predicted octanol–water partition coefficient (Wildman–Crippen LogP) is 5.70. The molecule has 2 bridgehead atoms. The van der Waals surface area contributed by atoms with E-state index in [0.29, 0.717) is 31.3 Å². The Morgan fingerprint density at radius 3 is 2.03 bits per heavy atom. The van der Waals surface area contributed by atoms with Crippen LogP contribution < -0.4 is 9.05 Å². The fraction of sp³-hybridized carbons (Fsp3) is 0.308. The van der Waals surface area contributed by atoms with Crippen molar-refractivity contribution in [1.82, 2.24) is 4.67 Å². The van der Waals surface area contributed by atoms with Crippen LogP contribution in [0.4, 0.5) is 0 Å². The molecular formula is C26H28NO5P. The van der Waals surface area contributed by atoms with Crippen LogP contribution in [0.25, 0.3) is 0 Å². The lowest BCUT2D eigenvalue weighted by atomic mass is 10.0. The van der Waals surface area contributed by atoms with Crippen LogP contribution in [0.3, 0.4) is 0 Å². The molecule has 0 N–H and O–H groups in total. The minimum absolute atomic E-state index is 0.113. The van der Waals surface area contributed by atoms with E-state index in [1.807, 2.05) is 71.4 Å². The lowest BCUT2D eigenvalue weighted by Crippen LogP contribution is -2.44. The molecule has 2 fully saturated rings. The normalized spacial score (nSPS) is 22.7. The first-order valence-corrected chi connectivity index (χ1v) is 12.8. The van der Waals surface area contributed by atoms with Gasteiger partial charge >= 0.3 is 7.75 Å². The van der Waals surface area contributed by atoms with Gasteiger partial charge in [0.25, 0.3) is 0 Å². The van der Waals surface area contributed by atoms with Gasteiger partial charge < -0.3 is 18.5 Å². The van der Waals surface area contributed by atoms with Crippen molar-refractivity contribution in [3.8, 4) is 11.5 Å².